The van der Waals surface area contributed by atoms with Gasteiger partial charge in [-0.25, -0.2) is 0 Å². The summed E-state index contributed by atoms with van der Waals surface area (Å²) in [6.07, 6.45) is 0. The Bertz CT molecular complexity index is 313. The number of methoxy groups -OCH3 is 1. The van der Waals surface area contributed by atoms with Gasteiger partial charge in [-0.1, -0.05) is 48.8 Å². The van der Waals surface area contributed by atoms with Crippen LogP contribution in [0.1, 0.15) is 31.9 Å². The summed E-state index contributed by atoms with van der Waals surface area (Å²) in [4.78, 5) is 0. The zero-order chi connectivity index (χ0) is 10.8. The molecule has 1 rings (SSSR count). The monoisotopic (exact) mass is 256 g/mol. The molecule has 0 saturated carbocycles. The first-order valence-corrected chi connectivity index (χ1v) is 5.84. The summed E-state index contributed by atoms with van der Waals surface area (Å²) >= 11 is 3.44. The fourth-order valence-corrected chi connectivity index (χ4v) is 1.79. The summed E-state index contributed by atoms with van der Waals surface area (Å²) in [5.41, 5.74) is 2.63. The molecule has 0 aliphatic carbocycles. The molecule has 0 atom stereocenters. The molecule has 0 unspecified atom stereocenters. The van der Waals surface area contributed by atoms with E-state index in [0.29, 0.717) is 0 Å². The van der Waals surface area contributed by atoms with Crippen molar-refractivity contribution >= 4 is 15.9 Å². The van der Waals surface area contributed by atoms with E-state index in [0.717, 1.165) is 11.1 Å². The zero-order valence-corrected chi connectivity index (χ0v) is 10.8. The Morgan fingerprint density at radius 3 is 2.36 bits per heavy atom. The van der Waals surface area contributed by atoms with Crippen LogP contribution in [0.4, 0.5) is 0 Å². The lowest BCUT2D eigenvalue weighted by Crippen LogP contribution is -2.12. The Kier molecular flexibility index (Phi) is 3.59. The third kappa shape index (κ3) is 2.50. The third-order valence-corrected chi connectivity index (χ3v) is 2.88. The molecule has 0 radical (unpaired) electrons. The predicted molar refractivity (Wildman–Crippen MR) is 64.3 cm³/mol. The normalized spacial score (nSPS) is 11.5. The number of ether oxygens (including phenoxy) is 1. The maximum Gasteiger partial charge on any atom is 0.122 e. The Labute approximate surface area is 94.6 Å². The molecule has 14 heavy (non-hydrogen) atoms. The van der Waals surface area contributed by atoms with Crippen LogP contribution in [0.2, 0.25) is 0 Å². The van der Waals surface area contributed by atoms with Crippen LogP contribution in [0, 0.1) is 0 Å². The van der Waals surface area contributed by atoms with Crippen LogP contribution < -0.4 is 4.74 Å². The summed E-state index contributed by atoms with van der Waals surface area (Å²) < 4.78 is 5.39. The van der Waals surface area contributed by atoms with E-state index >= 15 is 0 Å². The van der Waals surface area contributed by atoms with Gasteiger partial charge in [0, 0.05) is 5.33 Å². The van der Waals surface area contributed by atoms with E-state index in [1.165, 1.54) is 11.1 Å². The van der Waals surface area contributed by atoms with Crippen LogP contribution in [0.15, 0.2) is 18.2 Å². The Morgan fingerprint density at radius 1 is 1.29 bits per heavy atom. The minimum Gasteiger partial charge on any atom is -0.496 e. The topological polar surface area (TPSA) is 9.23 Å². The van der Waals surface area contributed by atoms with Gasteiger partial charge in [-0.3, -0.25) is 0 Å². The highest BCUT2D eigenvalue weighted by atomic mass is 79.9. The second-order valence-electron chi connectivity index (χ2n) is 4.42. The van der Waals surface area contributed by atoms with Crippen molar-refractivity contribution in [3.8, 4) is 5.75 Å². The van der Waals surface area contributed by atoms with Crippen LogP contribution >= 0.6 is 15.9 Å². The number of hydrogen-bond donors (Lipinski definition) is 0. The molecule has 1 nitrogen and oxygen atoms in total. The van der Waals surface area contributed by atoms with Crippen LogP contribution in [0.25, 0.3) is 0 Å². The number of alkyl halides is 1. The van der Waals surface area contributed by atoms with Crippen LogP contribution in [-0.4, -0.2) is 7.11 Å². The third-order valence-electron chi connectivity index (χ3n) is 2.23. The van der Waals surface area contributed by atoms with Crippen molar-refractivity contribution in [3.63, 3.8) is 0 Å². The van der Waals surface area contributed by atoms with Crippen molar-refractivity contribution in [2.24, 2.45) is 0 Å². The molecule has 1 aromatic carbocycles. The van der Waals surface area contributed by atoms with Gasteiger partial charge >= 0.3 is 0 Å². The van der Waals surface area contributed by atoms with Crippen molar-refractivity contribution in [2.45, 2.75) is 31.5 Å². The minimum absolute atomic E-state index is 0.135. The maximum atomic E-state index is 5.39. The van der Waals surface area contributed by atoms with E-state index in [-0.39, 0.29) is 5.41 Å². The largest absolute Gasteiger partial charge is 0.496 e. The second-order valence-corrected chi connectivity index (χ2v) is 4.98. The fraction of sp³-hybridized carbons (Fsp3) is 0.500. The van der Waals surface area contributed by atoms with Crippen molar-refractivity contribution < 1.29 is 4.74 Å². The fourth-order valence-electron chi connectivity index (χ4n) is 1.44. The summed E-state index contributed by atoms with van der Waals surface area (Å²) in [6, 6.07) is 6.38. The molecule has 1 aromatic rings. The highest BCUT2D eigenvalue weighted by molar-refractivity contribution is 9.08. The Morgan fingerprint density at radius 2 is 1.93 bits per heavy atom. The molecule has 0 fully saturated rings. The SMILES string of the molecule is COc1cc(CBr)ccc1C(C)(C)C. The van der Waals surface area contributed by atoms with Gasteiger partial charge in [0.05, 0.1) is 7.11 Å². The number of rotatable bonds is 2. The van der Waals surface area contributed by atoms with E-state index in [1.807, 2.05) is 0 Å². The second kappa shape index (κ2) is 4.35. The number of halogens is 1. The molecule has 0 heterocycles. The van der Waals surface area contributed by atoms with Gasteiger partial charge in [0.2, 0.25) is 0 Å². The summed E-state index contributed by atoms with van der Waals surface area (Å²) in [5, 5.41) is 0.869. The predicted octanol–water partition coefficient (Wildman–Crippen LogP) is 3.89. The molecule has 0 spiro atoms. The molecule has 0 aliphatic rings. The molecule has 0 N–H and O–H groups in total. The van der Waals surface area contributed by atoms with E-state index < -0.39 is 0 Å². The van der Waals surface area contributed by atoms with Crippen LogP contribution in [-0.2, 0) is 10.7 Å². The quantitative estimate of drug-likeness (QED) is 0.730. The molecular formula is C12H17BrO. The van der Waals surface area contributed by atoms with Gasteiger partial charge < -0.3 is 4.74 Å². The molecule has 2 heteroatoms. The van der Waals surface area contributed by atoms with Crippen molar-refractivity contribution in [1.82, 2.24) is 0 Å². The summed E-state index contributed by atoms with van der Waals surface area (Å²) in [5.74, 6) is 0.981. The van der Waals surface area contributed by atoms with E-state index in [1.54, 1.807) is 7.11 Å². The lowest BCUT2D eigenvalue weighted by molar-refractivity contribution is 0.397. The van der Waals surface area contributed by atoms with Gasteiger partial charge in [-0.05, 0) is 22.6 Å². The van der Waals surface area contributed by atoms with Crippen LogP contribution in [0.3, 0.4) is 0 Å². The first-order chi connectivity index (χ1) is 6.49. The average molecular weight is 257 g/mol. The highest BCUT2D eigenvalue weighted by Gasteiger charge is 2.18. The Balaban J connectivity index is 3.18. The molecule has 0 aliphatic heterocycles. The van der Waals surface area contributed by atoms with Gasteiger partial charge in [0.1, 0.15) is 5.75 Å². The minimum atomic E-state index is 0.135. The highest BCUT2D eigenvalue weighted by Crippen LogP contribution is 2.32. The lowest BCUT2D eigenvalue weighted by Gasteiger charge is -2.22. The molecule has 0 bridgehead atoms. The van der Waals surface area contributed by atoms with E-state index in [9.17, 15) is 0 Å². The first-order valence-electron chi connectivity index (χ1n) is 4.72. The zero-order valence-electron chi connectivity index (χ0n) is 9.23. The standard InChI is InChI=1S/C12H17BrO/c1-12(2,3)10-6-5-9(8-13)7-11(10)14-4/h5-7H,8H2,1-4H3. The van der Waals surface area contributed by atoms with Gasteiger partial charge in [0.25, 0.3) is 0 Å². The van der Waals surface area contributed by atoms with E-state index in [2.05, 4.69) is 54.9 Å². The van der Waals surface area contributed by atoms with Gasteiger partial charge in [-0.2, -0.15) is 0 Å². The molecule has 0 amide bonds. The van der Waals surface area contributed by atoms with Crippen LogP contribution in [0.5, 0.6) is 5.75 Å². The van der Waals surface area contributed by atoms with Crippen molar-refractivity contribution in [2.75, 3.05) is 7.11 Å². The number of hydrogen-bond acceptors (Lipinski definition) is 1. The Hall–Kier alpha value is -0.500. The molecule has 0 aromatic heterocycles. The van der Waals surface area contributed by atoms with Crippen molar-refractivity contribution in [3.05, 3.63) is 29.3 Å². The molecule has 78 valence electrons. The molecule has 0 saturated heterocycles. The smallest absolute Gasteiger partial charge is 0.122 e. The molecular weight excluding hydrogens is 240 g/mol. The number of benzene rings is 1. The van der Waals surface area contributed by atoms with Crippen molar-refractivity contribution in [1.29, 1.82) is 0 Å². The first kappa shape index (κ1) is 11.6. The van der Waals surface area contributed by atoms with Gasteiger partial charge in [-0.15, -0.1) is 0 Å². The average Bonchev–Trinajstić information content (AvgIpc) is 2.15. The summed E-state index contributed by atoms with van der Waals surface area (Å²) in [6.45, 7) is 6.58. The van der Waals surface area contributed by atoms with E-state index in [4.69, 9.17) is 4.74 Å². The summed E-state index contributed by atoms with van der Waals surface area (Å²) in [7, 11) is 1.72. The maximum absolute atomic E-state index is 5.39. The van der Waals surface area contributed by atoms with Gasteiger partial charge in [0.15, 0.2) is 0 Å². The lowest BCUT2D eigenvalue weighted by atomic mass is 9.86.